The summed E-state index contributed by atoms with van der Waals surface area (Å²) in [6.07, 6.45) is 6.19. The van der Waals surface area contributed by atoms with Crippen LogP contribution in [0.15, 0.2) is 23.3 Å². The minimum atomic E-state index is 0. The third-order valence-corrected chi connectivity index (χ3v) is 4.03. The van der Waals surface area contributed by atoms with E-state index in [9.17, 15) is 0 Å². The standard InChI is InChI=1S/C17H27ClN4O2.HI/c1-19-17(21-9-7-14-5-6-16(18)22-12-14)20-8-3-10-23-13-15-4-2-11-24-15;/h5-6,12,15H,2-4,7-11,13H2,1H3,(H2,19,20,21);1H. The first-order valence-electron chi connectivity index (χ1n) is 8.52. The zero-order chi connectivity index (χ0) is 17.0. The molecule has 1 aliphatic heterocycles. The summed E-state index contributed by atoms with van der Waals surface area (Å²) in [6.45, 7) is 3.94. The van der Waals surface area contributed by atoms with Gasteiger partial charge in [-0.1, -0.05) is 17.7 Å². The number of rotatable bonds is 9. The van der Waals surface area contributed by atoms with Gasteiger partial charge < -0.3 is 20.1 Å². The van der Waals surface area contributed by atoms with Crippen LogP contribution in [-0.2, 0) is 15.9 Å². The Morgan fingerprint density at radius 3 is 2.92 bits per heavy atom. The molecule has 0 saturated carbocycles. The van der Waals surface area contributed by atoms with E-state index < -0.39 is 0 Å². The Labute approximate surface area is 172 Å². The Morgan fingerprint density at radius 1 is 1.40 bits per heavy atom. The van der Waals surface area contributed by atoms with E-state index in [-0.39, 0.29) is 24.0 Å². The molecule has 1 aromatic rings. The third-order valence-electron chi connectivity index (χ3n) is 3.80. The summed E-state index contributed by atoms with van der Waals surface area (Å²) in [4.78, 5) is 8.28. The van der Waals surface area contributed by atoms with E-state index in [4.69, 9.17) is 21.1 Å². The summed E-state index contributed by atoms with van der Waals surface area (Å²) in [7, 11) is 1.77. The van der Waals surface area contributed by atoms with Crippen molar-refractivity contribution in [3.8, 4) is 0 Å². The summed E-state index contributed by atoms with van der Waals surface area (Å²) in [6, 6.07) is 3.79. The van der Waals surface area contributed by atoms with Crippen LogP contribution in [0.25, 0.3) is 0 Å². The Balaban J connectivity index is 0.00000312. The van der Waals surface area contributed by atoms with Crippen LogP contribution in [0.1, 0.15) is 24.8 Å². The number of aromatic nitrogens is 1. The zero-order valence-electron chi connectivity index (χ0n) is 14.7. The van der Waals surface area contributed by atoms with E-state index >= 15 is 0 Å². The van der Waals surface area contributed by atoms with E-state index in [1.165, 1.54) is 0 Å². The minimum absolute atomic E-state index is 0. The molecule has 2 N–H and O–H groups in total. The van der Waals surface area contributed by atoms with Gasteiger partial charge in [0.1, 0.15) is 5.15 Å². The first kappa shape index (κ1) is 22.4. The van der Waals surface area contributed by atoms with Crippen LogP contribution in [0, 0.1) is 0 Å². The van der Waals surface area contributed by atoms with Crippen LogP contribution in [0.4, 0.5) is 0 Å². The Morgan fingerprint density at radius 2 is 2.24 bits per heavy atom. The van der Waals surface area contributed by atoms with Crippen LogP contribution < -0.4 is 10.6 Å². The van der Waals surface area contributed by atoms with Crippen molar-refractivity contribution in [1.82, 2.24) is 15.6 Å². The van der Waals surface area contributed by atoms with Crippen molar-refractivity contribution in [2.24, 2.45) is 4.99 Å². The highest BCUT2D eigenvalue weighted by Gasteiger charge is 2.14. The normalized spacial score (nSPS) is 17.2. The van der Waals surface area contributed by atoms with Crippen LogP contribution in [0.3, 0.4) is 0 Å². The van der Waals surface area contributed by atoms with E-state index in [2.05, 4.69) is 20.6 Å². The van der Waals surface area contributed by atoms with Gasteiger partial charge in [-0.15, -0.1) is 24.0 Å². The maximum absolute atomic E-state index is 5.78. The molecule has 0 aliphatic carbocycles. The number of nitrogens with one attached hydrogen (secondary N) is 2. The molecule has 6 nitrogen and oxygen atoms in total. The Kier molecular flexibility index (Phi) is 12.1. The molecule has 142 valence electrons. The van der Waals surface area contributed by atoms with E-state index in [0.717, 1.165) is 63.5 Å². The number of pyridine rings is 1. The van der Waals surface area contributed by atoms with E-state index in [1.807, 2.05) is 6.07 Å². The molecule has 2 heterocycles. The van der Waals surface area contributed by atoms with Crippen molar-refractivity contribution in [3.63, 3.8) is 0 Å². The maximum Gasteiger partial charge on any atom is 0.190 e. The molecule has 8 heteroatoms. The van der Waals surface area contributed by atoms with Gasteiger partial charge in [0.05, 0.1) is 12.7 Å². The maximum atomic E-state index is 5.78. The number of aliphatic imine (C=N–C) groups is 1. The third kappa shape index (κ3) is 9.58. The van der Waals surface area contributed by atoms with Gasteiger partial charge in [-0.25, -0.2) is 4.98 Å². The quantitative estimate of drug-likeness (QED) is 0.186. The van der Waals surface area contributed by atoms with Crippen molar-refractivity contribution in [1.29, 1.82) is 0 Å². The number of ether oxygens (including phenoxy) is 2. The Bertz CT molecular complexity index is 496. The van der Waals surface area contributed by atoms with Crippen molar-refractivity contribution >= 4 is 41.5 Å². The van der Waals surface area contributed by atoms with Gasteiger partial charge in [0.2, 0.25) is 0 Å². The number of nitrogens with zero attached hydrogens (tertiary/aromatic N) is 2. The molecule has 1 saturated heterocycles. The molecule has 0 bridgehead atoms. The van der Waals surface area contributed by atoms with Crippen LogP contribution in [-0.4, -0.2) is 57.0 Å². The van der Waals surface area contributed by atoms with Gasteiger partial charge in [0, 0.05) is 39.5 Å². The van der Waals surface area contributed by atoms with Gasteiger partial charge in [0.15, 0.2) is 5.96 Å². The Hall–Kier alpha value is -0.640. The molecular weight excluding hydrogens is 455 g/mol. The number of hydrogen-bond donors (Lipinski definition) is 2. The highest BCUT2D eigenvalue weighted by molar-refractivity contribution is 14.0. The average molecular weight is 483 g/mol. The van der Waals surface area contributed by atoms with Gasteiger partial charge in [0.25, 0.3) is 0 Å². The molecule has 1 fully saturated rings. The molecule has 1 unspecified atom stereocenters. The number of halogens is 2. The van der Waals surface area contributed by atoms with Crippen molar-refractivity contribution in [2.45, 2.75) is 31.8 Å². The molecule has 0 amide bonds. The fourth-order valence-electron chi connectivity index (χ4n) is 2.47. The van der Waals surface area contributed by atoms with Gasteiger partial charge in [-0.3, -0.25) is 4.99 Å². The average Bonchev–Trinajstić information content (AvgIpc) is 3.11. The van der Waals surface area contributed by atoms with Crippen LogP contribution >= 0.6 is 35.6 Å². The first-order chi connectivity index (χ1) is 11.8. The highest BCUT2D eigenvalue weighted by atomic mass is 127. The molecule has 0 radical (unpaired) electrons. The largest absolute Gasteiger partial charge is 0.379 e. The van der Waals surface area contributed by atoms with Crippen molar-refractivity contribution in [2.75, 3.05) is 40.0 Å². The lowest BCUT2D eigenvalue weighted by atomic mass is 10.2. The molecule has 2 rings (SSSR count). The van der Waals surface area contributed by atoms with Crippen LogP contribution in [0.2, 0.25) is 5.15 Å². The second-order valence-corrected chi connectivity index (χ2v) is 6.12. The highest BCUT2D eigenvalue weighted by Crippen LogP contribution is 2.11. The number of guanidine groups is 1. The van der Waals surface area contributed by atoms with Crippen LogP contribution in [0.5, 0.6) is 0 Å². The summed E-state index contributed by atoms with van der Waals surface area (Å²) in [5.74, 6) is 0.802. The predicted octanol–water partition coefficient (Wildman–Crippen LogP) is 2.65. The summed E-state index contributed by atoms with van der Waals surface area (Å²) in [5, 5.41) is 7.09. The second kappa shape index (κ2) is 13.5. The SMILES string of the molecule is CN=C(NCCCOCC1CCCO1)NCCc1ccc(Cl)nc1.I. The molecule has 0 spiro atoms. The molecule has 0 aromatic carbocycles. The molecule has 1 aromatic heterocycles. The molecule has 25 heavy (non-hydrogen) atoms. The minimum Gasteiger partial charge on any atom is -0.379 e. The molecular formula is C17H28ClIN4O2. The fourth-order valence-corrected chi connectivity index (χ4v) is 2.58. The molecule has 1 atom stereocenters. The van der Waals surface area contributed by atoms with Crippen molar-refractivity contribution < 1.29 is 9.47 Å². The summed E-state index contributed by atoms with van der Waals surface area (Å²) < 4.78 is 11.2. The van der Waals surface area contributed by atoms with Gasteiger partial charge >= 0.3 is 0 Å². The van der Waals surface area contributed by atoms with Crippen molar-refractivity contribution in [3.05, 3.63) is 29.0 Å². The lowest BCUT2D eigenvalue weighted by molar-refractivity contribution is 0.0168. The number of hydrogen-bond acceptors (Lipinski definition) is 4. The van der Waals surface area contributed by atoms with E-state index in [1.54, 1.807) is 19.3 Å². The summed E-state index contributed by atoms with van der Waals surface area (Å²) in [5.41, 5.74) is 1.14. The molecule has 1 aliphatic rings. The predicted molar refractivity (Wildman–Crippen MR) is 112 cm³/mol. The zero-order valence-corrected chi connectivity index (χ0v) is 17.8. The lowest BCUT2D eigenvalue weighted by Gasteiger charge is -2.13. The summed E-state index contributed by atoms with van der Waals surface area (Å²) >= 11 is 5.78. The smallest absolute Gasteiger partial charge is 0.190 e. The lowest BCUT2D eigenvalue weighted by Crippen LogP contribution is -2.39. The monoisotopic (exact) mass is 482 g/mol. The van der Waals surface area contributed by atoms with Gasteiger partial charge in [-0.2, -0.15) is 0 Å². The second-order valence-electron chi connectivity index (χ2n) is 5.73. The topological polar surface area (TPSA) is 67.8 Å². The fraction of sp³-hybridized carbons (Fsp3) is 0.647. The van der Waals surface area contributed by atoms with E-state index in [0.29, 0.717) is 17.9 Å². The first-order valence-corrected chi connectivity index (χ1v) is 8.90. The van der Waals surface area contributed by atoms with Gasteiger partial charge in [-0.05, 0) is 37.3 Å².